The molecule has 1 aliphatic heterocycles. The monoisotopic (exact) mass is 429 g/mol. The van der Waals surface area contributed by atoms with E-state index in [-0.39, 0.29) is 5.54 Å². The molecule has 170 valence electrons. The van der Waals surface area contributed by atoms with Crippen molar-refractivity contribution < 1.29 is 9.15 Å². The van der Waals surface area contributed by atoms with Crippen LogP contribution in [0.3, 0.4) is 0 Å². The normalized spacial score (nSPS) is 20.0. The number of aliphatic imine (C=N–C) groups is 1. The summed E-state index contributed by atoms with van der Waals surface area (Å²) >= 11 is 0. The fourth-order valence-electron chi connectivity index (χ4n) is 4.61. The van der Waals surface area contributed by atoms with Crippen LogP contribution in [0, 0.1) is 0 Å². The first-order valence-corrected chi connectivity index (χ1v) is 11.6. The number of guanidine groups is 1. The van der Waals surface area contributed by atoms with Gasteiger partial charge >= 0.3 is 0 Å². The van der Waals surface area contributed by atoms with Crippen LogP contribution in [0.5, 0.6) is 0 Å². The molecule has 0 atom stereocenters. The molecule has 9 heteroatoms. The van der Waals surface area contributed by atoms with E-state index in [1.165, 1.54) is 32.1 Å². The van der Waals surface area contributed by atoms with Crippen LogP contribution in [0.4, 0.5) is 0 Å². The van der Waals surface area contributed by atoms with Crippen LogP contribution in [0.15, 0.2) is 27.8 Å². The Morgan fingerprint density at radius 1 is 1.23 bits per heavy atom. The predicted molar refractivity (Wildman–Crippen MR) is 120 cm³/mol. The highest BCUT2D eigenvalue weighted by Gasteiger charge is 2.38. The van der Waals surface area contributed by atoms with Crippen LogP contribution in [0.2, 0.25) is 0 Å². The summed E-state index contributed by atoms with van der Waals surface area (Å²) < 4.78 is 11.0. The molecule has 4 rings (SSSR count). The van der Waals surface area contributed by atoms with Gasteiger partial charge in [0, 0.05) is 38.1 Å². The molecule has 0 amide bonds. The van der Waals surface area contributed by atoms with Crippen LogP contribution >= 0.6 is 0 Å². The van der Waals surface area contributed by atoms with E-state index in [1.807, 2.05) is 12.1 Å². The summed E-state index contributed by atoms with van der Waals surface area (Å²) in [5.41, 5.74) is 0.174. The molecule has 0 radical (unpaired) electrons. The van der Waals surface area contributed by atoms with Crippen molar-refractivity contribution in [2.24, 2.45) is 4.99 Å². The van der Waals surface area contributed by atoms with Crippen molar-refractivity contribution in [2.75, 3.05) is 45.9 Å². The Hall–Kier alpha value is -2.39. The summed E-state index contributed by atoms with van der Waals surface area (Å²) in [6.07, 6.45) is 8.73. The Balaban J connectivity index is 1.34. The molecule has 1 saturated carbocycles. The minimum atomic E-state index is 0.174. The van der Waals surface area contributed by atoms with Gasteiger partial charge in [0.25, 0.3) is 0 Å². The zero-order valence-electron chi connectivity index (χ0n) is 18.5. The van der Waals surface area contributed by atoms with Crippen LogP contribution in [0.25, 0.3) is 11.6 Å². The number of hydrogen-bond donors (Lipinski definition) is 3. The number of hydrogen-bond acceptors (Lipinski definition) is 6. The second-order valence-electron chi connectivity index (χ2n) is 8.34. The average Bonchev–Trinajstić information content (AvgIpc) is 3.51. The summed E-state index contributed by atoms with van der Waals surface area (Å²) in [5.74, 6) is 2.95. The first-order valence-electron chi connectivity index (χ1n) is 11.6. The standard InChI is InChI=1S/C22H35N7O2/c1-2-23-21(24-11-8-19-26-20(28-27-19)18-7-6-14-31-18)25-17-22(9-4-3-5-10-22)29-12-15-30-16-13-29/h6-7,14H,2-5,8-13,15-17H2,1H3,(H2,23,24,25)(H,26,27,28). The zero-order valence-corrected chi connectivity index (χ0v) is 18.5. The van der Waals surface area contributed by atoms with Gasteiger partial charge in [-0.1, -0.05) is 19.3 Å². The number of ether oxygens (including phenoxy) is 1. The van der Waals surface area contributed by atoms with E-state index >= 15 is 0 Å². The van der Waals surface area contributed by atoms with E-state index in [0.717, 1.165) is 64.1 Å². The van der Waals surface area contributed by atoms with Crippen molar-refractivity contribution in [2.45, 2.75) is 51.0 Å². The Kier molecular flexibility index (Phi) is 7.58. The number of morpholine rings is 1. The van der Waals surface area contributed by atoms with Gasteiger partial charge in [-0.2, -0.15) is 5.10 Å². The summed E-state index contributed by atoms with van der Waals surface area (Å²) in [6.45, 7) is 8.19. The predicted octanol–water partition coefficient (Wildman–Crippen LogP) is 2.20. The van der Waals surface area contributed by atoms with E-state index < -0.39 is 0 Å². The van der Waals surface area contributed by atoms with Crippen molar-refractivity contribution in [3.8, 4) is 11.6 Å². The first kappa shape index (κ1) is 21.8. The van der Waals surface area contributed by atoms with Crippen molar-refractivity contribution in [1.82, 2.24) is 30.7 Å². The number of aromatic amines is 1. The lowest BCUT2D eigenvalue weighted by Gasteiger charge is -2.47. The molecule has 31 heavy (non-hydrogen) atoms. The molecule has 2 aliphatic rings. The Bertz CT molecular complexity index is 806. The molecule has 2 aromatic rings. The number of rotatable bonds is 8. The molecule has 1 saturated heterocycles. The lowest BCUT2D eigenvalue weighted by atomic mass is 9.80. The Labute approximate surface area is 184 Å². The maximum atomic E-state index is 5.60. The zero-order chi connectivity index (χ0) is 21.4. The van der Waals surface area contributed by atoms with Crippen LogP contribution in [-0.4, -0.2) is 77.5 Å². The minimum absolute atomic E-state index is 0.174. The molecule has 0 spiro atoms. The van der Waals surface area contributed by atoms with Crippen LogP contribution < -0.4 is 10.6 Å². The van der Waals surface area contributed by atoms with Gasteiger partial charge in [-0.3, -0.25) is 15.0 Å². The molecule has 2 fully saturated rings. The largest absolute Gasteiger partial charge is 0.461 e. The molecule has 3 heterocycles. The lowest BCUT2D eigenvalue weighted by molar-refractivity contribution is -0.0333. The first-order chi connectivity index (χ1) is 15.3. The summed E-state index contributed by atoms with van der Waals surface area (Å²) in [7, 11) is 0. The van der Waals surface area contributed by atoms with Gasteiger partial charge in [0.05, 0.1) is 26.0 Å². The fraction of sp³-hybridized carbons (Fsp3) is 0.682. The molecule has 0 bridgehead atoms. The molecular formula is C22H35N7O2. The van der Waals surface area contributed by atoms with Crippen molar-refractivity contribution in [3.05, 3.63) is 24.2 Å². The lowest BCUT2D eigenvalue weighted by Crippen LogP contribution is -2.56. The van der Waals surface area contributed by atoms with E-state index in [2.05, 4.69) is 37.6 Å². The number of H-pyrrole nitrogens is 1. The minimum Gasteiger partial charge on any atom is -0.461 e. The van der Waals surface area contributed by atoms with Gasteiger partial charge in [0.2, 0.25) is 5.82 Å². The van der Waals surface area contributed by atoms with Gasteiger partial charge in [-0.05, 0) is 31.9 Å². The number of furan rings is 1. The van der Waals surface area contributed by atoms with E-state index in [9.17, 15) is 0 Å². The maximum Gasteiger partial charge on any atom is 0.216 e. The van der Waals surface area contributed by atoms with Crippen molar-refractivity contribution >= 4 is 5.96 Å². The average molecular weight is 430 g/mol. The maximum absolute atomic E-state index is 5.60. The smallest absolute Gasteiger partial charge is 0.216 e. The topological polar surface area (TPSA) is 104 Å². The molecule has 0 unspecified atom stereocenters. The summed E-state index contributed by atoms with van der Waals surface area (Å²) in [6, 6.07) is 3.69. The second kappa shape index (κ2) is 10.8. The number of nitrogens with zero attached hydrogens (tertiary/aromatic N) is 4. The Morgan fingerprint density at radius 2 is 2.06 bits per heavy atom. The molecule has 3 N–H and O–H groups in total. The van der Waals surface area contributed by atoms with E-state index in [1.54, 1.807) is 6.26 Å². The summed E-state index contributed by atoms with van der Waals surface area (Å²) in [5, 5.41) is 14.1. The van der Waals surface area contributed by atoms with Crippen LogP contribution in [-0.2, 0) is 11.2 Å². The van der Waals surface area contributed by atoms with Gasteiger partial charge in [-0.25, -0.2) is 4.98 Å². The quantitative estimate of drug-likeness (QED) is 0.437. The fourth-order valence-corrected chi connectivity index (χ4v) is 4.61. The Morgan fingerprint density at radius 3 is 2.81 bits per heavy atom. The van der Waals surface area contributed by atoms with E-state index in [4.69, 9.17) is 14.1 Å². The third-order valence-corrected chi connectivity index (χ3v) is 6.27. The number of aromatic nitrogens is 3. The van der Waals surface area contributed by atoms with Gasteiger partial charge in [-0.15, -0.1) is 0 Å². The van der Waals surface area contributed by atoms with E-state index in [0.29, 0.717) is 11.6 Å². The second-order valence-corrected chi connectivity index (χ2v) is 8.34. The number of nitrogens with one attached hydrogen (secondary N) is 3. The van der Waals surface area contributed by atoms with Crippen LogP contribution in [0.1, 0.15) is 44.9 Å². The molecule has 2 aromatic heterocycles. The highest BCUT2D eigenvalue weighted by Crippen LogP contribution is 2.34. The highest BCUT2D eigenvalue weighted by atomic mass is 16.5. The summed E-state index contributed by atoms with van der Waals surface area (Å²) in [4.78, 5) is 12.2. The molecule has 9 nitrogen and oxygen atoms in total. The van der Waals surface area contributed by atoms with Crippen molar-refractivity contribution in [3.63, 3.8) is 0 Å². The van der Waals surface area contributed by atoms with Gasteiger partial charge in [0.1, 0.15) is 5.82 Å². The molecule has 0 aromatic carbocycles. The molecular weight excluding hydrogens is 394 g/mol. The molecule has 1 aliphatic carbocycles. The third-order valence-electron chi connectivity index (χ3n) is 6.27. The highest BCUT2D eigenvalue weighted by molar-refractivity contribution is 5.79. The van der Waals surface area contributed by atoms with Gasteiger partial charge < -0.3 is 19.8 Å². The van der Waals surface area contributed by atoms with Crippen molar-refractivity contribution in [1.29, 1.82) is 0 Å². The third kappa shape index (κ3) is 5.65. The van der Waals surface area contributed by atoms with Gasteiger partial charge in [0.15, 0.2) is 11.7 Å². The SMILES string of the molecule is CCNC(=NCC1(N2CCOCC2)CCCCC1)NCCc1nc(-c2ccco2)n[nH]1.